The van der Waals surface area contributed by atoms with E-state index >= 15 is 0 Å². The maximum Gasteiger partial charge on any atom is 0.170 e. The fraction of sp³-hybridized carbons (Fsp3) is 0.533. The SMILES string of the molecule is COc1ccccc1NC(=S)NCC(C)(C)C[NH+](C)C. The van der Waals surface area contributed by atoms with Gasteiger partial charge in [-0.1, -0.05) is 26.0 Å². The largest absolute Gasteiger partial charge is 0.495 e. The van der Waals surface area contributed by atoms with Crippen LogP contribution in [0.1, 0.15) is 13.8 Å². The van der Waals surface area contributed by atoms with E-state index in [2.05, 4.69) is 38.6 Å². The maximum absolute atomic E-state index is 5.34. The van der Waals surface area contributed by atoms with Crippen molar-refractivity contribution in [2.45, 2.75) is 13.8 Å². The lowest BCUT2D eigenvalue weighted by atomic mass is 9.93. The van der Waals surface area contributed by atoms with Gasteiger partial charge in [0.2, 0.25) is 0 Å². The number of thiocarbonyl (C=S) groups is 1. The number of methoxy groups -OCH3 is 1. The molecular weight excluding hydrogens is 270 g/mol. The highest BCUT2D eigenvalue weighted by molar-refractivity contribution is 7.80. The molecule has 0 aliphatic carbocycles. The van der Waals surface area contributed by atoms with Gasteiger partial charge in [-0.05, 0) is 24.4 Å². The zero-order valence-electron chi connectivity index (χ0n) is 13.0. The van der Waals surface area contributed by atoms with Crippen molar-refractivity contribution in [3.63, 3.8) is 0 Å². The Labute approximate surface area is 127 Å². The van der Waals surface area contributed by atoms with E-state index in [9.17, 15) is 0 Å². The molecule has 0 aromatic heterocycles. The molecule has 0 atom stereocenters. The fourth-order valence-electron chi connectivity index (χ4n) is 2.25. The first-order valence-electron chi connectivity index (χ1n) is 6.81. The van der Waals surface area contributed by atoms with Crippen LogP contribution in [-0.2, 0) is 0 Å². The minimum atomic E-state index is 0.186. The van der Waals surface area contributed by atoms with Crippen LogP contribution in [0.5, 0.6) is 5.75 Å². The van der Waals surface area contributed by atoms with Gasteiger partial charge in [0, 0.05) is 12.0 Å². The predicted octanol–water partition coefficient (Wildman–Crippen LogP) is 1.15. The van der Waals surface area contributed by atoms with Crippen LogP contribution in [0.2, 0.25) is 0 Å². The van der Waals surface area contributed by atoms with Gasteiger partial charge in [-0.3, -0.25) is 0 Å². The summed E-state index contributed by atoms with van der Waals surface area (Å²) in [6.07, 6.45) is 0. The van der Waals surface area contributed by atoms with Crippen LogP contribution in [0.4, 0.5) is 5.69 Å². The molecule has 112 valence electrons. The average Bonchev–Trinajstić information content (AvgIpc) is 2.36. The summed E-state index contributed by atoms with van der Waals surface area (Å²) in [5, 5.41) is 7.08. The third-order valence-electron chi connectivity index (χ3n) is 2.91. The molecule has 1 aromatic rings. The molecule has 4 nitrogen and oxygen atoms in total. The number of hydrogen-bond acceptors (Lipinski definition) is 2. The topological polar surface area (TPSA) is 37.7 Å². The summed E-state index contributed by atoms with van der Waals surface area (Å²) in [6.45, 7) is 6.38. The number of ether oxygens (including phenoxy) is 1. The van der Waals surface area contributed by atoms with Gasteiger partial charge in [0.1, 0.15) is 5.75 Å². The summed E-state index contributed by atoms with van der Waals surface area (Å²) in [4.78, 5) is 1.43. The molecule has 0 fully saturated rings. The molecule has 0 bridgehead atoms. The van der Waals surface area contributed by atoms with Crippen molar-refractivity contribution < 1.29 is 9.64 Å². The Hall–Kier alpha value is -1.33. The molecule has 1 aromatic carbocycles. The van der Waals surface area contributed by atoms with Crippen LogP contribution in [-0.4, -0.2) is 39.4 Å². The molecule has 20 heavy (non-hydrogen) atoms. The Morgan fingerprint density at radius 1 is 1.30 bits per heavy atom. The molecule has 0 heterocycles. The van der Waals surface area contributed by atoms with Gasteiger partial charge < -0.3 is 20.3 Å². The van der Waals surface area contributed by atoms with E-state index in [1.165, 1.54) is 4.90 Å². The van der Waals surface area contributed by atoms with Crippen molar-refractivity contribution in [2.24, 2.45) is 5.41 Å². The highest BCUT2D eigenvalue weighted by Gasteiger charge is 2.21. The molecule has 1 rings (SSSR count). The molecule has 0 radical (unpaired) electrons. The van der Waals surface area contributed by atoms with E-state index in [4.69, 9.17) is 17.0 Å². The molecule has 5 heteroatoms. The van der Waals surface area contributed by atoms with Crippen molar-refractivity contribution in [1.29, 1.82) is 0 Å². The lowest BCUT2D eigenvalue weighted by Crippen LogP contribution is -3.07. The first kappa shape index (κ1) is 16.7. The molecule has 0 aliphatic rings. The summed E-state index contributed by atoms with van der Waals surface area (Å²) >= 11 is 5.34. The van der Waals surface area contributed by atoms with Crippen molar-refractivity contribution in [1.82, 2.24) is 5.32 Å². The Balaban J connectivity index is 2.52. The normalized spacial score (nSPS) is 11.3. The van der Waals surface area contributed by atoms with Crippen molar-refractivity contribution in [2.75, 3.05) is 39.6 Å². The first-order valence-corrected chi connectivity index (χ1v) is 7.22. The highest BCUT2D eigenvalue weighted by atomic mass is 32.1. The van der Waals surface area contributed by atoms with E-state index in [1.807, 2.05) is 24.3 Å². The number of rotatable bonds is 6. The smallest absolute Gasteiger partial charge is 0.170 e. The van der Waals surface area contributed by atoms with E-state index < -0.39 is 0 Å². The quantitative estimate of drug-likeness (QED) is 0.689. The molecule has 0 aliphatic heterocycles. The van der Waals surface area contributed by atoms with Crippen molar-refractivity contribution >= 4 is 23.0 Å². The molecule has 0 saturated heterocycles. The van der Waals surface area contributed by atoms with Crippen LogP contribution in [0.3, 0.4) is 0 Å². The first-order chi connectivity index (χ1) is 9.34. The lowest BCUT2D eigenvalue weighted by Gasteiger charge is -2.26. The Morgan fingerprint density at radius 3 is 2.55 bits per heavy atom. The molecule has 0 saturated carbocycles. The summed E-state index contributed by atoms with van der Waals surface area (Å²) in [6, 6.07) is 7.74. The predicted molar refractivity (Wildman–Crippen MR) is 88.7 cm³/mol. The zero-order chi connectivity index (χ0) is 15.2. The minimum Gasteiger partial charge on any atom is -0.495 e. The summed E-state index contributed by atoms with van der Waals surface area (Å²) in [5.74, 6) is 0.786. The second-order valence-electron chi connectivity index (χ2n) is 6.06. The number of quaternary nitrogens is 1. The van der Waals surface area contributed by atoms with E-state index in [0.29, 0.717) is 5.11 Å². The number of benzene rings is 1. The van der Waals surface area contributed by atoms with Gasteiger partial charge in [-0.25, -0.2) is 0 Å². The van der Waals surface area contributed by atoms with Gasteiger partial charge in [0.15, 0.2) is 5.11 Å². The van der Waals surface area contributed by atoms with Gasteiger partial charge in [-0.15, -0.1) is 0 Å². The Kier molecular flexibility index (Phi) is 6.23. The van der Waals surface area contributed by atoms with Crippen LogP contribution in [0, 0.1) is 5.41 Å². The number of hydrogen-bond donors (Lipinski definition) is 3. The lowest BCUT2D eigenvalue weighted by molar-refractivity contribution is -0.865. The van der Waals surface area contributed by atoms with Crippen LogP contribution >= 0.6 is 12.2 Å². The third-order valence-corrected chi connectivity index (χ3v) is 3.16. The minimum absolute atomic E-state index is 0.186. The summed E-state index contributed by atoms with van der Waals surface area (Å²) in [7, 11) is 5.97. The molecular formula is C15H26N3OS+. The number of anilines is 1. The average molecular weight is 296 g/mol. The van der Waals surface area contributed by atoms with Gasteiger partial charge >= 0.3 is 0 Å². The summed E-state index contributed by atoms with van der Waals surface area (Å²) < 4.78 is 5.29. The third kappa shape index (κ3) is 5.75. The van der Waals surface area contributed by atoms with Gasteiger partial charge in [0.25, 0.3) is 0 Å². The maximum atomic E-state index is 5.34. The Morgan fingerprint density at radius 2 is 1.95 bits per heavy atom. The van der Waals surface area contributed by atoms with E-state index in [0.717, 1.165) is 24.5 Å². The number of nitrogens with one attached hydrogen (secondary N) is 3. The van der Waals surface area contributed by atoms with Crippen molar-refractivity contribution in [3.05, 3.63) is 24.3 Å². The van der Waals surface area contributed by atoms with Crippen LogP contribution < -0.4 is 20.3 Å². The molecule has 0 spiro atoms. The van der Waals surface area contributed by atoms with E-state index in [1.54, 1.807) is 7.11 Å². The van der Waals surface area contributed by atoms with Gasteiger partial charge in [0.05, 0.1) is 33.4 Å². The van der Waals surface area contributed by atoms with Crippen molar-refractivity contribution in [3.8, 4) is 5.75 Å². The highest BCUT2D eigenvalue weighted by Crippen LogP contribution is 2.22. The van der Waals surface area contributed by atoms with Crippen LogP contribution in [0.25, 0.3) is 0 Å². The Bertz CT molecular complexity index is 446. The number of para-hydroxylation sites is 2. The second-order valence-corrected chi connectivity index (χ2v) is 6.46. The molecule has 0 unspecified atom stereocenters. The summed E-state index contributed by atoms with van der Waals surface area (Å²) in [5.41, 5.74) is 1.06. The van der Waals surface area contributed by atoms with Crippen LogP contribution in [0.15, 0.2) is 24.3 Å². The zero-order valence-corrected chi connectivity index (χ0v) is 13.9. The molecule has 3 N–H and O–H groups in total. The standard InChI is InChI=1S/C15H25N3OS/c1-15(2,11-18(3)4)10-16-14(20)17-12-8-6-7-9-13(12)19-5/h6-9H,10-11H2,1-5H3,(H2,16,17,20)/p+1. The second kappa shape index (κ2) is 7.45. The van der Waals surface area contributed by atoms with E-state index in [-0.39, 0.29) is 5.41 Å². The van der Waals surface area contributed by atoms with Gasteiger partial charge in [-0.2, -0.15) is 0 Å². The molecule has 0 amide bonds. The fourth-order valence-corrected chi connectivity index (χ4v) is 2.44. The monoisotopic (exact) mass is 296 g/mol.